The molecule has 0 N–H and O–H groups in total. The van der Waals surface area contributed by atoms with Gasteiger partial charge >= 0.3 is 11.9 Å². The van der Waals surface area contributed by atoms with E-state index in [0.717, 1.165) is 10.0 Å². The Kier molecular flexibility index (Phi) is 6.52. The van der Waals surface area contributed by atoms with Crippen molar-refractivity contribution < 1.29 is 23.8 Å². The normalized spacial score (nSPS) is 10.1. The van der Waals surface area contributed by atoms with Crippen molar-refractivity contribution in [3.05, 3.63) is 33.8 Å². The highest BCUT2D eigenvalue weighted by molar-refractivity contribution is 9.10. The predicted molar refractivity (Wildman–Crippen MR) is 72.0 cm³/mol. The Morgan fingerprint density at radius 3 is 2.58 bits per heavy atom. The number of carbonyl (C=O) groups excluding carboxylic acids is 2. The van der Waals surface area contributed by atoms with Crippen molar-refractivity contribution in [2.24, 2.45) is 0 Å². The molecule has 0 saturated carbocycles. The SMILES string of the molecule is COC(=O)COCCc1cc(Br)ccc1C(=O)OC. The lowest BCUT2D eigenvalue weighted by Gasteiger charge is -2.09. The van der Waals surface area contributed by atoms with Crippen LogP contribution in [0.1, 0.15) is 15.9 Å². The molecule has 6 heteroatoms. The Hall–Kier alpha value is -1.40. The number of benzene rings is 1. The van der Waals surface area contributed by atoms with E-state index in [0.29, 0.717) is 18.6 Å². The lowest BCUT2D eigenvalue weighted by Crippen LogP contribution is -2.13. The molecule has 1 aromatic rings. The molecule has 19 heavy (non-hydrogen) atoms. The van der Waals surface area contributed by atoms with Gasteiger partial charge in [0, 0.05) is 4.47 Å². The molecule has 0 heterocycles. The van der Waals surface area contributed by atoms with E-state index >= 15 is 0 Å². The summed E-state index contributed by atoms with van der Waals surface area (Å²) in [6.07, 6.45) is 0.501. The van der Waals surface area contributed by atoms with E-state index in [1.54, 1.807) is 12.1 Å². The fourth-order valence-electron chi connectivity index (χ4n) is 1.47. The van der Waals surface area contributed by atoms with E-state index in [1.165, 1.54) is 14.2 Å². The zero-order valence-electron chi connectivity index (χ0n) is 10.8. The van der Waals surface area contributed by atoms with Crippen molar-refractivity contribution >= 4 is 27.9 Å². The number of methoxy groups -OCH3 is 2. The Morgan fingerprint density at radius 1 is 1.21 bits per heavy atom. The fraction of sp³-hybridized carbons (Fsp3) is 0.385. The van der Waals surface area contributed by atoms with E-state index in [-0.39, 0.29) is 6.61 Å². The molecule has 0 saturated heterocycles. The first-order valence-corrected chi connectivity index (χ1v) is 6.39. The topological polar surface area (TPSA) is 61.8 Å². The second-order valence-corrected chi connectivity index (χ2v) is 4.59. The number of hydrogen-bond acceptors (Lipinski definition) is 5. The lowest BCUT2D eigenvalue weighted by molar-refractivity contribution is -0.145. The van der Waals surface area contributed by atoms with Crippen LogP contribution >= 0.6 is 15.9 Å². The first kappa shape index (κ1) is 15.7. The summed E-state index contributed by atoms with van der Waals surface area (Å²) in [5.41, 5.74) is 1.29. The third-order valence-corrected chi connectivity index (χ3v) is 2.93. The maximum atomic E-state index is 11.6. The molecule has 0 aliphatic heterocycles. The van der Waals surface area contributed by atoms with Gasteiger partial charge in [-0.1, -0.05) is 15.9 Å². The van der Waals surface area contributed by atoms with Gasteiger partial charge in [-0.15, -0.1) is 0 Å². The van der Waals surface area contributed by atoms with Gasteiger partial charge in [0.15, 0.2) is 0 Å². The summed E-state index contributed by atoms with van der Waals surface area (Å²) < 4.78 is 15.2. The molecule has 0 aliphatic rings. The molecule has 5 nitrogen and oxygen atoms in total. The summed E-state index contributed by atoms with van der Waals surface area (Å²) in [4.78, 5) is 22.5. The lowest BCUT2D eigenvalue weighted by atomic mass is 10.1. The summed E-state index contributed by atoms with van der Waals surface area (Å²) in [5, 5.41) is 0. The molecule has 0 atom stereocenters. The first-order valence-electron chi connectivity index (χ1n) is 5.59. The van der Waals surface area contributed by atoms with Crippen LogP contribution in [0.25, 0.3) is 0 Å². The van der Waals surface area contributed by atoms with Crippen LogP contribution in [0.5, 0.6) is 0 Å². The zero-order chi connectivity index (χ0) is 14.3. The van der Waals surface area contributed by atoms with Gasteiger partial charge in [-0.3, -0.25) is 0 Å². The number of carbonyl (C=O) groups is 2. The first-order chi connectivity index (χ1) is 9.08. The number of hydrogen-bond donors (Lipinski definition) is 0. The van der Waals surface area contributed by atoms with Crippen LogP contribution in [0.4, 0.5) is 0 Å². The van der Waals surface area contributed by atoms with Crippen molar-refractivity contribution in [1.29, 1.82) is 0 Å². The number of rotatable bonds is 6. The minimum atomic E-state index is -0.428. The molecule has 0 unspecified atom stereocenters. The Bertz CT molecular complexity index is 458. The van der Waals surface area contributed by atoms with Crippen LogP contribution in [-0.4, -0.2) is 39.4 Å². The van der Waals surface area contributed by atoms with Crippen LogP contribution in [0.3, 0.4) is 0 Å². The standard InChI is InChI=1S/C13H15BrO5/c1-17-12(15)8-19-6-5-9-7-10(14)3-4-11(9)13(16)18-2/h3-4,7H,5-6,8H2,1-2H3. The molecular formula is C13H15BrO5. The van der Waals surface area contributed by atoms with Gasteiger partial charge < -0.3 is 14.2 Å². The highest BCUT2D eigenvalue weighted by atomic mass is 79.9. The highest BCUT2D eigenvalue weighted by Crippen LogP contribution is 2.18. The average Bonchev–Trinajstić information content (AvgIpc) is 2.42. The molecule has 0 aromatic heterocycles. The minimum Gasteiger partial charge on any atom is -0.467 e. The smallest absolute Gasteiger partial charge is 0.338 e. The van der Waals surface area contributed by atoms with Gasteiger partial charge in [0.25, 0.3) is 0 Å². The van der Waals surface area contributed by atoms with Gasteiger partial charge in [0.05, 0.1) is 26.4 Å². The highest BCUT2D eigenvalue weighted by Gasteiger charge is 2.12. The molecule has 0 bridgehead atoms. The van der Waals surface area contributed by atoms with Gasteiger partial charge in [-0.05, 0) is 30.2 Å². The van der Waals surface area contributed by atoms with Gasteiger partial charge in [-0.2, -0.15) is 0 Å². The van der Waals surface area contributed by atoms with Crippen molar-refractivity contribution in [3.63, 3.8) is 0 Å². The van der Waals surface area contributed by atoms with Crippen molar-refractivity contribution in [2.75, 3.05) is 27.4 Å². The van der Waals surface area contributed by atoms with Crippen molar-refractivity contribution in [1.82, 2.24) is 0 Å². The van der Waals surface area contributed by atoms with E-state index in [1.807, 2.05) is 6.07 Å². The van der Waals surface area contributed by atoms with Crippen LogP contribution in [0.2, 0.25) is 0 Å². The van der Waals surface area contributed by atoms with Crippen LogP contribution in [-0.2, 0) is 25.4 Å². The predicted octanol–water partition coefficient (Wildman–Crippen LogP) is 1.97. The van der Waals surface area contributed by atoms with E-state index < -0.39 is 11.9 Å². The van der Waals surface area contributed by atoms with Crippen molar-refractivity contribution in [2.45, 2.75) is 6.42 Å². The van der Waals surface area contributed by atoms with E-state index in [9.17, 15) is 9.59 Å². The second kappa shape index (κ2) is 7.91. The summed E-state index contributed by atoms with van der Waals surface area (Å²) in [6, 6.07) is 5.28. The quantitative estimate of drug-likeness (QED) is 0.589. The minimum absolute atomic E-state index is 0.0991. The fourth-order valence-corrected chi connectivity index (χ4v) is 1.88. The molecule has 0 radical (unpaired) electrons. The van der Waals surface area contributed by atoms with Crippen LogP contribution in [0, 0.1) is 0 Å². The maximum absolute atomic E-state index is 11.6. The van der Waals surface area contributed by atoms with Crippen LogP contribution < -0.4 is 0 Å². The third kappa shape index (κ3) is 5.00. The maximum Gasteiger partial charge on any atom is 0.338 e. The van der Waals surface area contributed by atoms with Gasteiger partial charge in [0.2, 0.25) is 0 Å². The van der Waals surface area contributed by atoms with E-state index in [4.69, 9.17) is 9.47 Å². The molecule has 1 aromatic carbocycles. The molecule has 1 rings (SSSR count). The average molecular weight is 331 g/mol. The summed E-state index contributed by atoms with van der Waals surface area (Å²) in [5.74, 6) is -0.821. The van der Waals surface area contributed by atoms with Crippen molar-refractivity contribution in [3.8, 4) is 0 Å². The summed E-state index contributed by atoms with van der Waals surface area (Å²) >= 11 is 3.34. The monoisotopic (exact) mass is 330 g/mol. The number of esters is 2. The van der Waals surface area contributed by atoms with Crippen LogP contribution in [0.15, 0.2) is 22.7 Å². The molecule has 0 aliphatic carbocycles. The molecule has 104 valence electrons. The number of ether oxygens (including phenoxy) is 3. The zero-order valence-corrected chi connectivity index (χ0v) is 12.4. The van der Waals surface area contributed by atoms with Gasteiger partial charge in [0.1, 0.15) is 6.61 Å². The van der Waals surface area contributed by atoms with E-state index in [2.05, 4.69) is 20.7 Å². The second-order valence-electron chi connectivity index (χ2n) is 3.67. The number of halogens is 1. The Morgan fingerprint density at radius 2 is 1.95 bits per heavy atom. The summed E-state index contributed by atoms with van der Waals surface area (Å²) in [7, 11) is 2.64. The summed E-state index contributed by atoms with van der Waals surface area (Å²) in [6.45, 7) is 0.216. The Labute approximate surface area is 120 Å². The largest absolute Gasteiger partial charge is 0.467 e. The van der Waals surface area contributed by atoms with Gasteiger partial charge in [-0.25, -0.2) is 9.59 Å². The molecule has 0 spiro atoms. The molecule has 0 amide bonds. The Balaban J connectivity index is 2.63. The third-order valence-electron chi connectivity index (χ3n) is 2.44. The molecular weight excluding hydrogens is 316 g/mol. The molecule has 0 fully saturated rings.